The summed E-state index contributed by atoms with van der Waals surface area (Å²) in [7, 11) is 6.27. The third-order valence-corrected chi connectivity index (χ3v) is 4.89. The van der Waals surface area contributed by atoms with Crippen LogP contribution in [0.1, 0.15) is 16.8 Å². The molecule has 0 atom stereocenters. The van der Waals surface area contributed by atoms with Crippen molar-refractivity contribution in [3.63, 3.8) is 0 Å². The highest BCUT2D eigenvalue weighted by Gasteiger charge is 2.19. The molecule has 3 aromatic rings. The maximum atomic E-state index is 12.9. The van der Waals surface area contributed by atoms with Crippen molar-refractivity contribution in [1.82, 2.24) is 4.90 Å². The van der Waals surface area contributed by atoms with Crippen LogP contribution in [0.2, 0.25) is 0 Å². The molecule has 0 aliphatic carbocycles. The lowest BCUT2D eigenvalue weighted by atomic mass is 10.1. The van der Waals surface area contributed by atoms with E-state index < -0.39 is 5.63 Å². The highest BCUT2D eigenvalue weighted by molar-refractivity contribution is 5.95. The predicted molar refractivity (Wildman–Crippen MR) is 119 cm³/mol. The number of methoxy groups -OCH3 is 3. The second kappa shape index (κ2) is 9.88. The van der Waals surface area contributed by atoms with Gasteiger partial charge in [0.2, 0.25) is 5.75 Å². The van der Waals surface area contributed by atoms with E-state index in [-0.39, 0.29) is 5.91 Å². The number of hydrogen-bond acceptors (Lipinski definition) is 7. The average Bonchev–Trinajstić information content (AvgIpc) is 2.79. The van der Waals surface area contributed by atoms with Gasteiger partial charge in [-0.1, -0.05) is 12.1 Å². The average molecular weight is 426 g/mol. The Labute approximate surface area is 180 Å². The van der Waals surface area contributed by atoms with Gasteiger partial charge in [0.1, 0.15) is 5.58 Å². The van der Waals surface area contributed by atoms with Gasteiger partial charge in [-0.25, -0.2) is 4.79 Å². The van der Waals surface area contributed by atoms with Crippen LogP contribution in [0.3, 0.4) is 0 Å². The quantitative estimate of drug-likeness (QED) is 0.414. The van der Waals surface area contributed by atoms with E-state index in [9.17, 15) is 9.59 Å². The summed E-state index contributed by atoms with van der Waals surface area (Å²) in [6.45, 7) is 1.10. The van der Waals surface area contributed by atoms with Gasteiger partial charge in [0.15, 0.2) is 11.5 Å². The van der Waals surface area contributed by atoms with Crippen LogP contribution < -0.4 is 25.2 Å². The van der Waals surface area contributed by atoms with Gasteiger partial charge in [-0.15, -0.1) is 0 Å². The Bertz CT molecular complexity index is 1100. The van der Waals surface area contributed by atoms with Crippen LogP contribution in [0, 0.1) is 0 Å². The van der Waals surface area contributed by atoms with Crippen molar-refractivity contribution in [2.75, 3.05) is 46.8 Å². The molecule has 1 amide bonds. The molecule has 8 nitrogen and oxygen atoms in total. The summed E-state index contributed by atoms with van der Waals surface area (Å²) in [5.74, 6) is 1.13. The monoisotopic (exact) mass is 426 g/mol. The molecule has 0 saturated carbocycles. The molecule has 1 N–H and O–H groups in total. The minimum Gasteiger partial charge on any atom is -0.493 e. The molecule has 0 spiro atoms. The van der Waals surface area contributed by atoms with Crippen molar-refractivity contribution in [1.29, 1.82) is 0 Å². The number of nitrogens with one attached hydrogen (secondary N) is 1. The van der Waals surface area contributed by atoms with Crippen molar-refractivity contribution in [2.45, 2.75) is 6.42 Å². The molecule has 1 heterocycles. The number of carbonyl (C=O) groups is 1. The van der Waals surface area contributed by atoms with Crippen molar-refractivity contribution in [2.24, 2.45) is 0 Å². The Hall–Kier alpha value is -3.68. The first-order valence-corrected chi connectivity index (χ1v) is 9.80. The normalized spacial score (nSPS) is 10.6. The largest absolute Gasteiger partial charge is 0.493 e. The number of benzene rings is 2. The van der Waals surface area contributed by atoms with Crippen LogP contribution in [0.5, 0.6) is 17.2 Å². The van der Waals surface area contributed by atoms with Crippen molar-refractivity contribution in [3.8, 4) is 17.2 Å². The fourth-order valence-corrected chi connectivity index (χ4v) is 3.32. The minimum absolute atomic E-state index is 0.162. The summed E-state index contributed by atoms with van der Waals surface area (Å²) >= 11 is 0. The van der Waals surface area contributed by atoms with Gasteiger partial charge < -0.3 is 28.8 Å². The Balaban J connectivity index is 1.63. The minimum atomic E-state index is -0.407. The summed E-state index contributed by atoms with van der Waals surface area (Å²) in [5.41, 5.74) is 1.28. The standard InChI is InChI=1S/C23H26N2O6/c1-25(23(27)15-12-19(28-2)22(30-4)20(13-15)29-3)11-7-10-24-17-14-21(26)31-18-9-6-5-8-16(17)18/h5-6,8-9,12-14,24H,7,10-11H2,1-4H3. The van der Waals surface area contributed by atoms with Crippen molar-refractivity contribution in [3.05, 3.63) is 58.4 Å². The molecular formula is C23H26N2O6. The number of carbonyl (C=O) groups excluding carboxylic acids is 1. The highest BCUT2D eigenvalue weighted by Crippen LogP contribution is 2.38. The van der Waals surface area contributed by atoms with E-state index in [0.717, 1.165) is 5.39 Å². The molecule has 31 heavy (non-hydrogen) atoms. The number of hydrogen-bond donors (Lipinski definition) is 1. The lowest BCUT2D eigenvalue weighted by molar-refractivity contribution is 0.0794. The van der Waals surface area contributed by atoms with Gasteiger partial charge in [-0.05, 0) is 30.7 Å². The first kappa shape index (κ1) is 22.0. The van der Waals surface area contributed by atoms with E-state index in [1.807, 2.05) is 18.2 Å². The molecule has 8 heteroatoms. The zero-order valence-electron chi connectivity index (χ0n) is 18.1. The van der Waals surface area contributed by atoms with Crippen LogP contribution in [0.25, 0.3) is 11.0 Å². The van der Waals surface area contributed by atoms with E-state index in [2.05, 4.69) is 5.32 Å². The molecule has 1 aromatic heterocycles. The van der Waals surface area contributed by atoms with Crippen LogP contribution in [0.15, 0.2) is 51.7 Å². The molecule has 0 saturated heterocycles. The highest BCUT2D eigenvalue weighted by atomic mass is 16.5. The van der Waals surface area contributed by atoms with Crippen LogP contribution in [-0.4, -0.2) is 52.3 Å². The van der Waals surface area contributed by atoms with E-state index in [1.54, 1.807) is 30.1 Å². The van der Waals surface area contributed by atoms with E-state index in [4.69, 9.17) is 18.6 Å². The van der Waals surface area contributed by atoms with Crippen LogP contribution >= 0.6 is 0 Å². The van der Waals surface area contributed by atoms with Crippen molar-refractivity contribution < 1.29 is 23.4 Å². The molecule has 0 bridgehead atoms. The summed E-state index contributed by atoms with van der Waals surface area (Å²) in [5, 5.41) is 4.10. The Morgan fingerprint density at radius 2 is 1.71 bits per heavy atom. The lowest BCUT2D eigenvalue weighted by Crippen LogP contribution is -2.29. The summed E-state index contributed by atoms with van der Waals surface area (Å²) in [4.78, 5) is 26.2. The summed E-state index contributed by atoms with van der Waals surface area (Å²) in [6.07, 6.45) is 0.682. The number of fused-ring (bicyclic) bond motifs is 1. The fraction of sp³-hybridized carbons (Fsp3) is 0.304. The molecule has 0 fully saturated rings. The molecular weight excluding hydrogens is 400 g/mol. The second-order valence-electron chi connectivity index (χ2n) is 6.90. The van der Waals surface area contributed by atoms with Gasteiger partial charge in [-0.2, -0.15) is 0 Å². The van der Waals surface area contributed by atoms with E-state index in [0.29, 0.717) is 53.6 Å². The molecule has 3 rings (SSSR count). The SMILES string of the molecule is COc1cc(C(=O)N(C)CCCNc2cc(=O)oc3ccccc23)cc(OC)c1OC. The molecule has 0 aliphatic rings. The zero-order valence-corrected chi connectivity index (χ0v) is 18.1. The van der Waals surface area contributed by atoms with Gasteiger partial charge in [0.05, 0.1) is 27.0 Å². The third kappa shape index (κ3) is 4.91. The maximum absolute atomic E-state index is 12.9. The number of rotatable bonds is 9. The van der Waals surface area contributed by atoms with E-state index in [1.165, 1.54) is 27.4 Å². The number of nitrogens with zero attached hydrogens (tertiary/aromatic N) is 1. The molecule has 2 aromatic carbocycles. The Morgan fingerprint density at radius 3 is 2.35 bits per heavy atom. The first-order chi connectivity index (χ1) is 15.0. The Kier molecular flexibility index (Phi) is 7.02. The zero-order chi connectivity index (χ0) is 22.4. The number of ether oxygens (including phenoxy) is 3. The number of para-hydroxylation sites is 1. The number of anilines is 1. The Morgan fingerprint density at radius 1 is 1.03 bits per heavy atom. The smallest absolute Gasteiger partial charge is 0.338 e. The lowest BCUT2D eigenvalue weighted by Gasteiger charge is -2.19. The first-order valence-electron chi connectivity index (χ1n) is 9.80. The maximum Gasteiger partial charge on any atom is 0.338 e. The summed E-state index contributed by atoms with van der Waals surface area (Å²) in [6, 6.07) is 12.1. The summed E-state index contributed by atoms with van der Waals surface area (Å²) < 4.78 is 21.2. The van der Waals surface area contributed by atoms with Gasteiger partial charge in [-0.3, -0.25) is 4.79 Å². The van der Waals surface area contributed by atoms with Gasteiger partial charge in [0.25, 0.3) is 5.91 Å². The predicted octanol–water partition coefficient (Wildman–Crippen LogP) is 3.39. The van der Waals surface area contributed by atoms with Crippen LogP contribution in [0.4, 0.5) is 5.69 Å². The van der Waals surface area contributed by atoms with Crippen LogP contribution in [-0.2, 0) is 0 Å². The molecule has 164 valence electrons. The third-order valence-electron chi connectivity index (χ3n) is 4.89. The van der Waals surface area contributed by atoms with Crippen molar-refractivity contribution >= 4 is 22.6 Å². The van der Waals surface area contributed by atoms with Gasteiger partial charge in [0, 0.05) is 37.2 Å². The number of amides is 1. The fourth-order valence-electron chi connectivity index (χ4n) is 3.32. The molecule has 0 unspecified atom stereocenters. The topological polar surface area (TPSA) is 90.2 Å². The van der Waals surface area contributed by atoms with E-state index >= 15 is 0 Å². The molecule has 0 radical (unpaired) electrons. The molecule has 0 aliphatic heterocycles. The van der Waals surface area contributed by atoms with Gasteiger partial charge >= 0.3 is 5.63 Å². The second-order valence-corrected chi connectivity index (χ2v) is 6.90.